The van der Waals surface area contributed by atoms with E-state index in [1.54, 1.807) is 0 Å². The Morgan fingerprint density at radius 3 is 2.77 bits per heavy atom. The molecule has 4 nitrogen and oxygen atoms in total. The summed E-state index contributed by atoms with van der Waals surface area (Å²) in [5.74, 6) is 0.0146. The SMILES string of the molecule is C[C@H](CCCO)NC(=O)N[C@@H]1CCC[C@H]1c1ccc(F)cc1. The van der Waals surface area contributed by atoms with Crippen LogP contribution in [0.3, 0.4) is 0 Å². The Bertz CT molecular complexity index is 478. The van der Waals surface area contributed by atoms with Crippen molar-refractivity contribution in [3.05, 3.63) is 35.6 Å². The molecule has 122 valence electrons. The van der Waals surface area contributed by atoms with E-state index in [9.17, 15) is 9.18 Å². The summed E-state index contributed by atoms with van der Waals surface area (Å²) in [5, 5.41) is 14.7. The number of carbonyl (C=O) groups excluding carboxylic acids is 1. The Balaban J connectivity index is 1.88. The lowest BCUT2D eigenvalue weighted by atomic mass is 9.94. The molecule has 1 aliphatic rings. The smallest absolute Gasteiger partial charge is 0.315 e. The highest BCUT2D eigenvalue weighted by atomic mass is 19.1. The molecule has 0 bridgehead atoms. The van der Waals surface area contributed by atoms with Crippen molar-refractivity contribution in [3.63, 3.8) is 0 Å². The minimum Gasteiger partial charge on any atom is -0.396 e. The average Bonchev–Trinajstić information content (AvgIpc) is 2.93. The van der Waals surface area contributed by atoms with Gasteiger partial charge in [0.2, 0.25) is 0 Å². The number of hydrogen-bond donors (Lipinski definition) is 3. The third-order valence-electron chi connectivity index (χ3n) is 4.30. The van der Waals surface area contributed by atoms with Gasteiger partial charge in [-0.05, 0) is 50.3 Å². The fraction of sp³-hybridized carbons (Fsp3) is 0.588. The molecule has 0 aromatic heterocycles. The van der Waals surface area contributed by atoms with Crippen LogP contribution in [0.5, 0.6) is 0 Å². The number of rotatable bonds is 6. The van der Waals surface area contributed by atoms with Crippen molar-refractivity contribution in [2.24, 2.45) is 0 Å². The predicted octanol–water partition coefficient (Wildman–Crippen LogP) is 2.92. The van der Waals surface area contributed by atoms with Gasteiger partial charge in [0, 0.05) is 24.6 Å². The van der Waals surface area contributed by atoms with Crippen molar-refractivity contribution in [1.82, 2.24) is 10.6 Å². The number of aliphatic hydroxyl groups excluding tert-OH is 1. The molecule has 0 unspecified atom stereocenters. The van der Waals surface area contributed by atoms with E-state index in [2.05, 4.69) is 10.6 Å². The Hall–Kier alpha value is -1.62. The zero-order chi connectivity index (χ0) is 15.9. The van der Waals surface area contributed by atoms with Crippen LogP contribution in [0.2, 0.25) is 0 Å². The summed E-state index contributed by atoms with van der Waals surface area (Å²) < 4.78 is 13.0. The summed E-state index contributed by atoms with van der Waals surface area (Å²) >= 11 is 0. The topological polar surface area (TPSA) is 61.4 Å². The van der Waals surface area contributed by atoms with Gasteiger partial charge in [0.1, 0.15) is 5.82 Å². The Labute approximate surface area is 131 Å². The monoisotopic (exact) mass is 308 g/mol. The molecule has 0 spiro atoms. The molecule has 0 heterocycles. The molecule has 3 atom stereocenters. The second-order valence-electron chi connectivity index (χ2n) is 6.08. The first-order valence-corrected chi connectivity index (χ1v) is 8.03. The van der Waals surface area contributed by atoms with Gasteiger partial charge in [-0.1, -0.05) is 18.6 Å². The molecule has 1 fully saturated rings. The van der Waals surface area contributed by atoms with Gasteiger partial charge in [-0.15, -0.1) is 0 Å². The molecule has 1 aromatic carbocycles. The first kappa shape index (κ1) is 16.7. The highest BCUT2D eigenvalue weighted by Gasteiger charge is 2.29. The second-order valence-corrected chi connectivity index (χ2v) is 6.08. The minimum absolute atomic E-state index is 0.0397. The van der Waals surface area contributed by atoms with Gasteiger partial charge in [0.25, 0.3) is 0 Å². The number of amides is 2. The molecule has 1 saturated carbocycles. The van der Waals surface area contributed by atoms with Crippen molar-refractivity contribution in [3.8, 4) is 0 Å². The molecule has 2 rings (SSSR count). The predicted molar refractivity (Wildman–Crippen MR) is 84.2 cm³/mol. The summed E-state index contributed by atoms with van der Waals surface area (Å²) in [5.41, 5.74) is 1.08. The number of urea groups is 1. The number of benzene rings is 1. The normalized spacial score (nSPS) is 22.3. The summed E-state index contributed by atoms with van der Waals surface area (Å²) in [6, 6.07) is 6.53. The van der Waals surface area contributed by atoms with Crippen molar-refractivity contribution < 1.29 is 14.3 Å². The van der Waals surface area contributed by atoms with Crippen LogP contribution in [0.25, 0.3) is 0 Å². The Morgan fingerprint density at radius 2 is 2.09 bits per heavy atom. The van der Waals surface area contributed by atoms with E-state index in [1.165, 1.54) is 12.1 Å². The van der Waals surface area contributed by atoms with E-state index in [0.717, 1.165) is 31.2 Å². The highest BCUT2D eigenvalue weighted by molar-refractivity contribution is 5.74. The number of hydrogen-bond acceptors (Lipinski definition) is 2. The standard InChI is InChI=1S/C17H25FN2O2/c1-12(4-3-11-21)19-17(22)20-16-6-2-5-15(16)13-7-9-14(18)10-8-13/h7-10,12,15-16,21H,2-6,11H2,1H3,(H2,19,20,22)/t12-,15+,16-/m1/s1. The lowest BCUT2D eigenvalue weighted by Crippen LogP contribution is -2.46. The molecule has 1 aliphatic carbocycles. The van der Waals surface area contributed by atoms with Crippen LogP contribution in [-0.4, -0.2) is 29.8 Å². The zero-order valence-corrected chi connectivity index (χ0v) is 13.0. The molecule has 2 amide bonds. The average molecular weight is 308 g/mol. The third-order valence-corrected chi connectivity index (χ3v) is 4.30. The maximum Gasteiger partial charge on any atom is 0.315 e. The van der Waals surface area contributed by atoms with Crippen molar-refractivity contribution in [1.29, 1.82) is 0 Å². The van der Waals surface area contributed by atoms with E-state index >= 15 is 0 Å². The lowest BCUT2D eigenvalue weighted by molar-refractivity contribution is 0.229. The number of halogens is 1. The van der Waals surface area contributed by atoms with Gasteiger partial charge < -0.3 is 15.7 Å². The first-order chi connectivity index (χ1) is 10.6. The van der Waals surface area contributed by atoms with Crippen LogP contribution in [-0.2, 0) is 0 Å². The van der Waals surface area contributed by atoms with Crippen molar-refractivity contribution >= 4 is 6.03 Å². The van der Waals surface area contributed by atoms with Gasteiger partial charge in [-0.3, -0.25) is 0 Å². The van der Waals surface area contributed by atoms with E-state index in [-0.39, 0.29) is 36.5 Å². The minimum atomic E-state index is -0.235. The zero-order valence-electron chi connectivity index (χ0n) is 13.0. The van der Waals surface area contributed by atoms with Crippen molar-refractivity contribution in [2.75, 3.05) is 6.61 Å². The number of aliphatic hydroxyl groups is 1. The van der Waals surface area contributed by atoms with Gasteiger partial charge in [-0.2, -0.15) is 0 Å². The third kappa shape index (κ3) is 4.70. The Kier molecular flexibility index (Phi) is 6.19. The molecule has 0 saturated heterocycles. The fourth-order valence-corrected chi connectivity index (χ4v) is 3.15. The quantitative estimate of drug-likeness (QED) is 0.756. The molecule has 5 heteroatoms. The summed E-state index contributed by atoms with van der Waals surface area (Å²) in [4.78, 5) is 12.1. The van der Waals surface area contributed by atoms with E-state index in [1.807, 2.05) is 19.1 Å². The van der Waals surface area contributed by atoms with E-state index in [4.69, 9.17) is 5.11 Å². The van der Waals surface area contributed by atoms with Crippen LogP contribution in [0.15, 0.2) is 24.3 Å². The first-order valence-electron chi connectivity index (χ1n) is 8.03. The molecular weight excluding hydrogens is 283 g/mol. The van der Waals surface area contributed by atoms with Crippen LogP contribution in [0.4, 0.5) is 9.18 Å². The Morgan fingerprint density at radius 1 is 1.36 bits per heavy atom. The second kappa shape index (κ2) is 8.13. The van der Waals surface area contributed by atoms with Gasteiger partial charge in [-0.25, -0.2) is 9.18 Å². The number of carbonyl (C=O) groups is 1. The summed E-state index contributed by atoms with van der Waals surface area (Å²) in [6.07, 6.45) is 4.46. The molecule has 3 N–H and O–H groups in total. The van der Waals surface area contributed by atoms with Crippen molar-refractivity contribution in [2.45, 2.75) is 57.0 Å². The molecule has 1 aromatic rings. The largest absolute Gasteiger partial charge is 0.396 e. The maximum absolute atomic E-state index is 13.0. The number of nitrogens with one attached hydrogen (secondary N) is 2. The van der Waals surface area contributed by atoms with Crippen LogP contribution < -0.4 is 10.6 Å². The lowest BCUT2D eigenvalue weighted by Gasteiger charge is -2.23. The molecule has 22 heavy (non-hydrogen) atoms. The molecule has 0 radical (unpaired) electrons. The maximum atomic E-state index is 13.0. The van der Waals surface area contributed by atoms with E-state index in [0.29, 0.717) is 6.42 Å². The fourth-order valence-electron chi connectivity index (χ4n) is 3.15. The highest BCUT2D eigenvalue weighted by Crippen LogP contribution is 2.34. The van der Waals surface area contributed by atoms with Crippen LogP contribution in [0.1, 0.15) is 50.5 Å². The van der Waals surface area contributed by atoms with Gasteiger partial charge in [0.05, 0.1) is 0 Å². The summed E-state index contributed by atoms with van der Waals surface area (Å²) in [6.45, 7) is 2.07. The van der Waals surface area contributed by atoms with Crippen LogP contribution in [0, 0.1) is 5.82 Å². The van der Waals surface area contributed by atoms with Gasteiger partial charge >= 0.3 is 6.03 Å². The molecular formula is C17H25FN2O2. The van der Waals surface area contributed by atoms with E-state index < -0.39 is 0 Å². The van der Waals surface area contributed by atoms with Gasteiger partial charge in [0.15, 0.2) is 0 Å². The summed E-state index contributed by atoms with van der Waals surface area (Å²) in [7, 11) is 0. The van der Waals surface area contributed by atoms with Crippen LogP contribution >= 0.6 is 0 Å². The molecule has 0 aliphatic heterocycles.